The average Bonchev–Trinajstić information content (AvgIpc) is 3.33. The van der Waals surface area contributed by atoms with Gasteiger partial charge in [-0.25, -0.2) is 0 Å². The first-order valence-electron chi connectivity index (χ1n) is 16.7. The fourth-order valence-corrected chi connectivity index (χ4v) is 9.92. The van der Waals surface area contributed by atoms with Crippen LogP contribution >= 0.6 is 0 Å². The van der Waals surface area contributed by atoms with Crippen molar-refractivity contribution < 1.29 is 29.0 Å². The molecule has 4 aromatic carbocycles. The third kappa shape index (κ3) is 7.24. The SMILES string of the molecule is C[C@H]1[C@H]([Si](C)(C)O)[C@@H](CC(=O)N(CCO)Cc2ccccc2)O[C@H]1CCc1ccc(N2C(=O)c3ccccc3Oc3ccccc32)cc1. The van der Waals surface area contributed by atoms with Crippen LogP contribution in [-0.2, 0) is 22.5 Å². The van der Waals surface area contributed by atoms with Crippen LogP contribution in [0, 0.1) is 5.92 Å². The van der Waals surface area contributed by atoms with Crippen molar-refractivity contribution in [1.82, 2.24) is 4.90 Å². The Morgan fingerprint density at radius 2 is 1.52 bits per heavy atom. The van der Waals surface area contributed by atoms with Crippen LogP contribution in [0.4, 0.5) is 11.4 Å². The molecule has 0 bridgehead atoms. The average molecular weight is 665 g/mol. The summed E-state index contributed by atoms with van der Waals surface area (Å²) in [5.74, 6) is 0.997. The first-order chi connectivity index (χ1) is 23.1. The lowest BCUT2D eigenvalue weighted by atomic mass is 9.95. The van der Waals surface area contributed by atoms with Crippen LogP contribution in [0.15, 0.2) is 103 Å². The Kier molecular flexibility index (Phi) is 10.1. The minimum absolute atomic E-state index is 0.0813. The number of amides is 2. The Labute approximate surface area is 283 Å². The lowest BCUT2D eigenvalue weighted by molar-refractivity contribution is -0.135. The van der Waals surface area contributed by atoms with Gasteiger partial charge in [-0.2, -0.15) is 0 Å². The molecule has 4 atom stereocenters. The first kappa shape index (κ1) is 33.6. The topological polar surface area (TPSA) is 99.5 Å². The summed E-state index contributed by atoms with van der Waals surface area (Å²) >= 11 is 0. The predicted octanol–water partition coefficient (Wildman–Crippen LogP) is 7.09. The van der Waals surface area contributed by atoms with E-state index in [9.17, 15) is 19.5 Å². The molecule has 0 saturated carbocycles. The highest BCUT2D eigenvalue weighted by Crippen LogP contribution is 2.46. The summed E-state index contributed by atoms with van der Waals surface area (Å²) in [5, 5.41) is 9.68. The number of para-hydroxylation sites is 3. The van der Waals surface area contributed by atoms with Crippen LogP contribution in [0.2, 0.25) is 18.6 Å². The summed E-state index contributed by atoms with van der Waals surface area (Å²) < 4.78 is 12.7. The van der Waals surface area contributed by atoms with Gasteiger partial charge in [0.1, 0.15) is 5.75 Å². The van der Waals surface area contributed by atoms with Crippen LogP contribution < -0.4 is 9.64 Å². The number of aryl methyl sites for hydroxylation is 1. The van der Waals surface area contributed by atoms with E-state index in [2.05, 4.69) is 6.92 Å². The second kappa shape index (κ2) is 14.5. The van der Waals surface area contributed by atoms with Gasteiger partial charge >= 0.3 is 0 Å². The maximum absolute atomic E-state index is 13.8. The molecule has 9 heteroatoms. The number of rotatable bonds is 11. The van der Waals surface area contributed by atoms with Gasteiger partial charge in [0.15, 0.2) is 14.1 Å². The lowest BCUT2D eigenvalue weighted by Gasteiger charge is -2.31. The molecule has 0 aliphatic carbocycles. The van der Waals surface area contributed by atoms with Crippen LogP contribution in [0.5, 0.6) is 11.5 Å². The number of anilines is 2. The van der Waals surface area contributed by atoms with E-state index in [0.717, 1.165) is 29.7 Å². The Morgan fingerprint density at radius 1 is 0.854 bits per heavy atom. The standard InChI is InChI=1S/C39H44N2O6Si/c1-27-33(46-36(38(27)48(2,3)45)25-37(43)40(23-24-42)26-29-11-5-4-6-12-29)22-19-28-17-20-30(21-18-28)41-32-14-8-10-16-35(32)47-34-15-9-7-13-31(34)39(41)44/h4-18,20-21,27,33,36,38,42,45H,19,22-26H2,1-3H3/t27-,33+,36-,38+/m1/s1. The van der Waals surface area contributed by atoms with E-state index in [1.807, 2.05) is 110 Å². The van der Waals surface area contributed by atoms with Gasteiger partial charge in [0.25, 0.3) is 5.91 Å². The zero-order valence-corrected chi connectivity index (χ0v) is 28.8. The highest BCUT2D eigenvalue weighted by molar-refractivity contribution is 6.71. The Morgan fingerprint density at radius 3 is 2.23 bits per heavy atom. The summed E-state index contributed by atoms with van der Waals surface area (Å²) in [6, 6.07) is 32.6. The van der Waals surface area contributed by atoms with Crippen LogP contribution in [0.25, 0.3) is 0 Å². The number of hydrogen-bond donors (Lipinski definition) is 2. The van der Waals surface area contributed by atoms with Gasteiger partial charge in [0.2, 0.25) is 5.91 Å². The Bertz CT molecular complexity index is 1720. The number of benzene rings is 4. The largest absolute Gasteiger partial charge is 0.454 e. The van der Waals surface area contributed by atoms with Gasteiger partial charge < -0.3 is 24.3 Å². The summed E-state index contributed by atoms with van der Waals surface area (Å²) in [7, 11) is -2.68. The molecule has 1 fully saturated rings. The van der Waals surface area contributed by atoms with Gasteiger partial charge in [-0.05, 0) is 79.4 Å². The highest BCUT2D eigenvalue weighted by atomic mass is 28.4. The van der Waals surface area contributed by atoms with E-state index in [4.69, 9.17) is 9.47 Å². The molecule has 6 rings (SSSR count). The number of aliphatic hydroxyl groups excluding tert-OH is 1. The van der Waals surface area contributed by atoms with E-state index in [1.165, 1.54) is 0 Å². The van der Waals surface area contributed by atoms with Crippen molar-refractivity contribution in [1.29, 1.82) is 0 Å². The Hall–Kier alpha value is -4.28. The van der Waals surface area contributed by atoms with E-state index < -0.39 is 8.32 Å². The molecule has 0 unspecified atom stereocenters. The van der Waals surface area contributed by atoms with Crippen LogP contribution in [0.1, 0.15) is 41.3 Å². The normalized spacial score (nSPS) is 20.4. The van der Waals surface area contributed by atoms with Crippen molar-refractivity contribution in [2.75, 3.05) is 18.1 Å². The summed E-state index contributed by atoms with van der Waals surface area (Å²) in [6.45, 7) is 6.53. The van der Waals surface area contributed by atoms with Crippen molar-refractivity contribution >= 4 is 31.5 Å². The van der Waals surface area contributed by atoms with Gasteiger partial charge in [0, 0.05) is 24.3 Å². The second-order valence-electron chi connectivity index (χ2n) is 13.4. The van der Waals surface area contributed by atoms with Crippen LogP contribution in [0.3, 0.4) is 0 Å². The molecule has 2 aliphatic heterocycles. The van der Waals surface area contributed by atoms with Gasteiger partial charge in [0.05, 0.1) is 36.5 Å². The fourth-order valence-electron chi connectivity index (χ4n) is 7.31. The monoisotopic (exact) mass is 664 g/mol. The third-order valence-electron chi connectivity index (χ3n) is 9.59. The van der Waals surface area contributed by atoms with Crippen molar-refractivity contribution in [3.63, 3.8) is 0 Å². The summed E-state index contributed by atoms with van der Waals surface area (Å²) in [5.41, 5.74) is 3.94. The van der Waals surface area contributed by atoms with Crippen molar-refractivity contribution in [3.8, 4) is 11.5 Å². The summed E-state index contributed by atoms with van der Waals surface area (Å²) in [4.78, 5) is 42.0. The van der Waals surface area contributed by atoms with E-state index in [-0.39, 0.29) is 55.1 Å². The molecule has 4 aromatic rings. The molecule has 2 heterocycles. The molecular weight excluding hydrogens is 621 g/mol. The van der Waals surface area contributed by atoms with Crippen molar-refractivity contribution in [2.45, 2.75) is 63.6 Å². The number of carbonyl (C=O) groups excluding carboxylic acids is 2. The number of hydrogen-bond acceptors (Lipinski definition) is 6. The smallest absolute Gasteiger partial charge is 0.266 e. The molecule has 0 radical (unpaired) electrons. The van der Waals surface area contributed by atoms with Gasteiger partial charge in [-0.15, -0.1) is 0 Å². The van der Waals surface area contributed by atoms with E-state index in [1.54, 1.807) is 15.9 Å². The maximum Gasteiger partial charge on any atom is 0.266 e. The minimum atomic E-state index is -2.68. The predicted molar refractivity (Wildman–Crippen MR) is 189 cm³/mol. The molecule has 2 N–H and O–H groups in total. The zero-order valence-electron chi connectivity index (χ0n) is 27.8. The molecule has 48 heavy (non-hydrogen) atoms. The molecule has 8 nitrogen and oxygen atoms in total. The highest BCUT2D eigenvalue weighted by Gasteiger charge is 2.50. The number of aliphatic hydroxyl groups is 1. The van der Waals surface area contributed by atoms with Crippen molar-refractivity contribution in [2.24, 2.45) is 5.92 Å². The van der Waals surface area contributed by atoms with Crippen LogP contribution in [-0.4, -0.2) is 60.3 Å². The molecule has 2 aliphatic rings. The quantitative estimate of drug-likeness (QED) is 0.166. The van der Waals surface area contributed by atoms with Gasteiger partial charge in [-0.1, -0.05) is 73.7 Å². The first-order valence-corrected chi connectivity index (χ1v) is 19.8. The molecule has 1 saturated heterocycles. The molecule has 250 valence electrons. The zero-order chi connectivity index (χ0) is 33.8. The number of carbonyl (C=O) groups is 2. The van der Waals surface area contributed by atoms with Crippen molar-refractivity contribution in [3.05, 3.63) is 120 Å². The minimum Gasteiger partial charge on any atom is -0.454 e. The molecule has 2 amide bonds. The lowest BCUT2D eigenvalue weighted by Crippen LogP contribution is -2.42. The maximum atomic E-state index is 13.8. The molecular formula is C39H44N2O6Si. The molecule has 0 spiro atoms. The molecule has 0 aromatic heterocycles. The second-order valence-corrected chi connectivity index (χ2v) is 17.4. The third-order valence-corrected chi connectivity index (χ3v) is 12.1. The number of fused-ring (bicyclic) bond motifs is 2. The Balaban J connectivity index is 1.15. The van der Waals surface area contributed by atoms with E-state index in [0.29, 0.717) is 29.3 Å². The number of nitrogens with zero attached hydrogens (tertiary/aromatic N) is 2. The van der Waals surface area contributed by atoms with E-state index >= 15 is 0 Å². The number of ether oxygens (including phenoxy) is 2. The summed E-state index contributed by atoms with van der Waals surface area (Å²) in [6.07, 6.45) is 1.16. The van der Waals surface area contributed by atoms with Gasteiger partial charge in [-0.3, -0.25) is 14.5 Å². The fraction of sp³-hybridized carbons (Fsp3) is 0.333.